The van der Waals surface area contributed by atoms with Gasteiger partial charge >= 0.3 is 0 Å². The standard InChI is InChI=1S/C25H41N/c1-5-9-10-11-14-21-26(8-4)25(7-3)20-13-12-17-24-19-15-18-23(22-24)16-6-2/h8,13,15,18-20,22,25H,4-7,9-12,14,16-17,21H2,1-3H3/b20-13+. The van der Waals surface area contributed by atoms with Crippen molar-refractivity contribution < 1.29 is 0 Å². The Morgan fingerprint density at radius 3 is 2.35 bits per heavy atom. The van der Waals surface area contributed by atoms with Crippen LogP contribution < -0.4 is 0 Å². The highest BCUT2D eigenvalue weighted by Gasteiger charge is 2.08. The maximum atomic E-state index is 4.04. The Kier molecular flexibility index (Phi) is 12.7. The van der Waals surface area contributed by atoms with E-state index in [1.54, 1.807) is 0 Å². The zero-order chi connectivity index (χ0) is 19.0. The molecule has 146 valence electrons. The number of hydrogen-bond donors (Lipinski definition) is 0. The summed E-state index contributed by atoms with van der Waals surface area (Å²) in [4.78, 5) is 2.42. The van der Waals surface area contributed by atoms with E-state index in [0.717, 1.165) is 25.8 Å². The molecule has 1 atom stereocenters. The molecule has 1 nitrogen and oxygen atoms in total. The number of hydrogen-bond acceptors (Lipinski definition) is 1. The maximum absolute atomic E-state index is 4.04. The van der Waals surface area contributed by atoms with E-state index >= 15 is 0 Å². The number of allylic oxidation sites excluding steroid dienone is 1. The van der Waals surface area contributed by atoms with Crippen molar-refractivity contribution in [3.8, 4) is 0 Å². The van der Waals surface area contributed by atoms with E-state index < -0.39 is 0 Å². The quantitative estimate of drug-likeness (QED) is 0.235. The van der Waals surface area contributed by atoms with Crippen LogP contribution in [0.2, 0.25) is 0 Å². The highest BCUT2D eigenvalue weighted by Crippen LogP contribution is 2.13. The van der Waals surface area contributed by atoms with Gasteiger partial charge in [0.1, 0.15) is 0 Å². The van der Waals surface area contributed by atoms with E-state index in [1.165, 1.54) is 56.1 Å². The first-order valence-electron chi connectivity index (χ1n) is 10.9. The predicted octanol–water partition coefficient (Wildman–Crippen LogP) is 7.32. The Morgan fingerprint density at radius 2 is 1.69 bits per heavy atom. The van der Waals surface area contributed by atoms with Crippen molar-refractivity contribution in [2.24, 2.45) is 0 Å². The molecule has 0 N–H and O–H groups in total. The molecular weight excluding hydrogens is 314 g/mol. The molecule has 0 bridgehead atoms. The van der Waals surface area contributed by atoms with Gasteiger partial charge in [-0.3, -0.25) is 0 Å². The Morgan fingerprint density at radius 1 is 0.962 bits per heavy atom. The third-order valence-corrected chi connectivity index (χ3v) is 5.09. The van der Waals surface area contributed by atoms with Crippen molar-refractivity contribution in [1.29, 1.82) is 0 Å². The van der Waals surface area contributed by atoms with Crippen molar-refractivity contribution in [2.75, 3.05) is 6.54 Å². The minimum absolute atomic E-state index is 0.491. The van der Waals surface area contributed by atoms with Gasteiger partial charge in [-0.05, 0) is 49.4 Å². The molecule has 1 aromatic carbocycles. The molecule has 0 heterocycles. The fourth-order valence-electron chi connectivity index (χ4n) is 3.50. The van der Waals surface area contributed by atoms with E-state index in [1.807, 2.05) is 6.20 Å². The van der Waals surface area contributed by atoms with Gasteiger partial charge in [-0.2, -0.15) is 0 Å². The Hall–Kier alpha value is -1.50. The van der Waals surface area contributed by atoms with Gasteiger partial charge in [0.2, 0.25) is 0 Å². The van der Waals surface area contributed by atoms with E-state index in [9.17, 15) is 0 Å². The van der Waals surface area contributed by atoms with Crippen LogP contribution in [0.3, 0.4) is 0 Å². The summed E-state index contributed by atoms with van der Waals surface area (Å²) >= 11 is 0. The van der Waals surface area contributed by atoms with Crippen molar-refractivity contribution >= 4 is 0 Å². The van der Waals surface area contributed by atoms with Crippen molar-refractivity contribution in [3.05, 3.63) is 60.3 Å². The summed E-state index contributed by atoms with van der Waals surface area (Å²) < 4.78 is 0. The molecular formula is C25H41N. The second-order valence-corrected chi connectivity index (χ2v) is 7.35. The van der Waals surface area contributed by atoms with Gasteiger partial charge in [0, 0.05) is 12.6 Å². The van der Waals surface area contributed by atoms with Gasteiger partial charge in [-0.1, -0.05) is 95.9 Å². The van der Waals surface area contributed by atoms with Crippen LogP contribution in [-0.4, -0.2) is 17.5 Å². The second-order valence-electron chi connectivity index (χ2n) is 7.35. The average molecular weight is 356 g/mol. The van der Waals surface area contributed by atoms with Crippen molar-refractivity contribution in [2.45, 2.75) is 91.0 Å². The monoisotopic (exact) mass is 355 g/mol. The second kappa shape index (κ2) is 14.6. The van der Waals surface area contributed by atoms with Gasteiger partial charge < -0.3 is 4.90 Å². The lowest BCUT2D eigenvalue weighted by atomic mass is 10.0. The molecule has 1 aromatic rings. The SMILES string of the molecule is C=CN(CCCCCCC)C(/C=C/CCc1cccc(CCC)c1)CC. The van der Waals surface area contributed by atoms with Crippen LogP contribution >= 0.6 is 0 Å². The normalized spacial score (nSPS) is 12.4. The zero-order valence-electron chi connectivity index (χ0n) is 17.6. The molecule has 0 aliphatic rings. The first-order valence-corrected chi connectivity index (χ1v) is 10.9. The minimum Gasteiger partial charge on any atom is -0.372 e. The summed E-state index contributed by atoms with van der Waals surface area (Å²) in [6.07, 6.45) is 19.3. The molecule has 1 heteroatoms. The minimum atomic E-state index is 0.491. The molecule has 26 heavy (non-hydrogen) atoms. The summed E-state index contributed by atoms with van der Waals surface area (Å²) in [5, 5.41) is 0. The molecule has 0 aliphatic heterocycles. The molecule has 0 saturated carbocycles. The summed E-state index contributed by atoms with van der Waals surface area (Å²) in [7, 11) is 0. The van der Waals surface area contributed by atoms with E-state index in [2.05, 4.69) is 68.7 Å². The number of benzene rings is 1. The average Bonchev–Trinajstić information content (AvgIpc) is 2.66. The van der Waals surface area contributed by atoms with Gasteiger partial charge in [-0.25, -0.2) is 0 Å². The first-order chi connectivity index (χ1) is 12.7. The lowest BCUT2D eigenvalue weighted by molar-refractivity contribution is 0.304. The molecule has 0 aliphatic carbocycles. The summed E-state index contributed by atoms with van der Waals surface area (Å²) in [6, 6.07) is 9.58. The van der Waals surface area contributed by atoms with Crippen molar-refractivity contribution in [3.63, 3.8) is 0 Å². The van der Waals surface area contributed by atoms with Crippen LogP contribution in [0.5, 0.6) is 0 Å². The molecule has 1 rings (SSSR count). The van der Waals surface area contributed by atoms with Crippen LogP contribution in [0.15, 0.2) is 49.2 Å². The van der Waals surface area contributed by atoms with E-state index in [0.29, 0.717) is 6.04 Å². The highest BCUT2D eigenvalue weighted by molar-refractivity contribution is 5.24. The van der Waals surface area contributed by atoms with Gasteiger partial charge in [0.15, 0.2) is 0 Å². The third-order valence-electron chi connectivity index (χ3n) is 5.09. The lowest BCUT2D eigenvalue weighted by Gasteiger charge is -2.27. The largest absolute Gasteiger partial charge is 0.372 e. The van der Waals surface area contributed by atoms with Crippen LogP contribution in [0.25, 0.3) is 0 Å². The molecule has 1 unspecified atom stereocenters. The molecule has 0 saturated heterocycles. The molecule has 0 spiro atoms. The van der Waals surface area contributed by atoms with Crippen LogP contribution in [0, 0.1) is 0 Å². The number of rotatable bonds is 15. The lowest BCUT2D eigenvalue weighted by Crippen LogP contribution is -2.29. The highest BCUT2D eigenvalue weighted by atomic mass is 15.1. The fraction of sp³-hybridized carbons (Fsp3) is 0.600. The van der Waals surface area contributed by atoms with E-state index in [4.69, 9.17) is 0 Å². The smallest absolute Gasteiger partial charge is 0.0464 e. The van der Waals surface area contributed by atoms with Crippen LogP contribution in [0.1, 0.15) is 83.3 Å². The van der Waals surface area contributed by atoms with Gasteiger partial charge in [-0.15, -0.1) is 0 Å². The van der Waals surface area contributed by atoms with Crippen molar-refractivity contribution in [1.82, 2.24) is 4.90 Å². The summed E-state index contributed by atoms with van der Waals surface area (Å²) in [5.41, 5.74) is 2.94. The number of unbranched alkanes of at least 4 members (excludes halogenated alkanes) is 4. The predicted molar refractivity (Wildman–Crippen MR) is 118 cm³/mol. The Balaban J connectivity index is 2.42. The third kappa shape index (κ3) is 9.27. The number of aryl methyl sites for hydroxylation is 2. The van der Waals surface area contributed by atoms with E-state index in [-0.39, 0.29) is 0 Å². The van der Waals surface area contributed by atoms with Gasteiger partial charge in [0.05, 0.1) is 0 Å². The fourth-order valence-corrected chi connectivity index (χ4v) is 3.50. The Labute approximate surface area is 163 Å². The molecule has 0 amide bonds. The Bertz CT molecular complexity index is 503. The van der Waals surface area contributed by atoms with Crippen LogP contribution in [0.4, 0.5) is 0 Å². The molecule has 0 radical (unpaired) electrons. The topological polar surface area (TPSA) is 3.24 Å². The van der Waals surface area contributed by atoms with Gasteiger partial charge in [0.25, 0.3) is 0 Å². The molecule has 0 fully saturated rings. The molecule has 0 aromatic heterocycles. The first kappa shape index (κ1) is 22.5. The maximum Gasteiger partial charge on any atom is 0.0464 e. The number of nitrogens with zero attached hydrogens (tertiary/aromatic N) is 1. The van der Waals surface area contributed by atoms with Crippen LogP contribution in [-0.2, 0) is 12.8 Å². The summed E-state index contributed by atoms with van der Waals surface area (Å²) in [6.45, 7) is 12.0. The zero-order valence-corrected chi connectivity index (χ0v) is 17.6. The summed E-state index contributed by atoms with van der Waals surface area (Å²) in [5.74, 6) is 0.